The number of primary amides is 1. The number of hydrogen-bond donors (Lipinski definition) is 1. The first kappa shape index (κ1) is 11.5. The van der Waals surface area contributed by atoms with Crippen LogP contribution in [0.2, 0.25) is 5.02 Å². The highest BCUT2D eigenvalue weighted by atomic mass is 35.5. The van der Waals surface area contributed by atoms with Crippen LogP contribution in [0.4, 0.5) is 0 Å². The zero-order valence-electron chi connectivity index (χ0n) is 8.60. The first-order valence-corrected chi connectivity index (χ1v) is 5.08. The largest absolute Gasteiger partial charge is 0.484 e. The molecule has 0 bridgehead atoms. The second kappa shape index (κ2) is 4.47. The monoisotopic (exact) mass is 253 g/mol. The Bertz CT molecular complexity index is 635. The van der Waals surface area contributed by atoms with Gasteiger partial charge in [0.15, 0.2) is 6.61 Å². The third-order valence-corrected chi connectivity index (χ3v) is 2.35. The predicted octanol–water partition coefficient (Wildman–Crippen LogP) is 1.31. The van der Waals surface area contributed by atoms with E-state index in [0.717, 1.165) is 6.26 Å². The Kier molecular flexibility index (Phi) is 3.01. The highest BCUT2D eigenvalue weighted by molar-refractivity contribution is 6.30. The molecule has 17 heavy (non-hydrogen) atoms. The minimum atomic E-state index is -0.581. The number of hydrogen-bond acceptors (Lipinski definition) is 4. The fourth-order valence-electron chi connectivity index (χ4n) is 1.33. The molecule has 0 atom stereocenters. The molecule has 1 aromatic carbocycles. The van der Waals surface area contributed by atoms with Crippen LogP contribution >= 0.6 is 11.6 Å². The summed E-state index contributed by atoms with van der Waals surface area (Å²) in [6.07, 6.45) is 1.16. The summed E-state index contributed by atoms with van der Waals surface area (Å²) in [6.45, 7) is -0.233. The molecular weight excluding hydrogens is 246 g/mol. The van der Waals surface area contributed by atoms with E-state index < -0.39 is 5.91 Å². The number of carbonyl (C=O) groups is 1. The van der Waals surface area contributed by atoms with Crippen LogP contribution in [0.3, 0.4) is 0 Å². The van der Waals surface area contributed by atoms with Gasteiger partial charge in [-0.1, -0.05) is 11.6 Å². The SMILES string of the molecule is NC(=O)COc1ccc2c(=O)c(Cl)coc2c1. The Morgan fingerprint density at radius 3 is 2.94 bits per heavy atom. The van der Waals surface area contributed by atoms with E-state index in [-0.39, 0.29) is 17.1 Å². The smallest absolute Gasteiger partial charge is 0.255 e. The van der Waals surface area contributed by atoms with Crippen molar-refractivity contribution in [2.75, 3.05) is 6.61 Å². The molecule has 2 N–H and O–H groups in total. The zero-order valence-corrected chi connectivity index (χ0v) is 9.36. The van der Waals surface area contributed by atoms with Crippen LogP contribution in [0.1, 0.15) is 0 Å². The van der Waals surface area contributed by atoms with Gasteiger partial charge in [-0.3, -0.25) is 9.59 Å². The molecule has 88 valence electrons. The van der Waals surface area contributed by atoms with Crippen molar-refractivity contribution in [1.82, 2.24) is 0 Å². The maximum atomic E-state index is 11.6. The zero-order chi connectivity index (χ0) is 12.4. The number of rotatable bonds is 3. The Balaban J connectivity index is 2.42. The lowest BCUT2D eigenvalue weighted by molar-refractivity contribution is -0.119. The molecule has 0 aliphatic rings. The Morgan fingerprint density at radius 2 is 2.24 bits per heavy atom. The molecular formula is C11H8ClNO4. The average Bonchev–Trinajstić information content (AvgIpc) is 2.31. The highest BCUT2D eigenvalue weighted by Crippen LogP contribution is 2.20. The Hall–Kier alpha value is -2.01. The van der Waals surface area contributed by atoms with E-state index in [1.165, 1.54) is 12.1 Å². The van der Waals surface area contributed by atoms with E-state index in [1.54, 1.807) is 6.07 Å². The van der Waals surface area contributed by atoms with Crippen molar-refractivity contribution >= 4 is 28.5 Å². The van der Waals surface area contributed by atoms with Crippen LogP contribution < -0.4 is 15.9 Å². The molecule has 0 radical (unpaired) electrons. The standard InChI is InChI=1S/C11H8ClNO4/c12-8-4-17-9-3-6(16-5-10(13)14)1-2-7(9)11(8)15/h1-4H,5H2,(H2,13,14). The van der Waals surface area contributed by atoms with Gasteiger partial charge in [0.2, 0.25) is 5.43 Å². The van der Waals surface area contributed by atoms with E-state index in [4.69, 9.17) is 26.5 Å². The number of nitrogens with two attached hydrogens (primary N) is 1. The van der Waals surface area contributed by atoms with Crippen LogP contribution in [0, 0.1) is 0 Å². The lowest BCUT2D eigenvalue weighted by Crippen LogP contribution is -2.20. The minimum Gasteiger partial charge on any atom is -0.484 e. The molecule has 0 unspecified atom stereocenters. The number of fused-ring (bicyclic) bond motifs is 1. The summed E-state index contributed by atoms with van der Waals surface area (Å²) in [7, 11) is 0. The van der Waals surface area contributed by atoms with Crippen molar-refractivity contribution < 1.29 is 13.9 Å². The predicted molar refractivity (Wildman–Crippen MR) is 62.2 cm³/mol. The minimum absolute atomic E-state index is 0.0169. The summed E-state index contributed by atoms with van der Waals surface area (Å²) in [6, 6.07) is 4.55. The molecule has 5 nitrogen and oxygen atoms in total. The molecule has 0 spiro atoms. The van der Waals surface area contributed by atoms with E-state index in [0.29, 0.717) is 16.7 Å². The summed E-state index contributed by atoms with van der Waals surface area (Å²) < 4.78 is 10.2. The van der Waals surface area contributed by atoms with Crippen molar-refractivity contribution in [2.45, 2.75) is 0 Å². The van der Waals surface area contributed by atoms with Crippen LogP contribution in [0.15, 0.2) is 33.7 Å². The van der Waals surface area contributed by atoms with Gasteiger partial charge in [0.25, 0.3) is 5.91 Å². The van der Waals surface area contributed by atoms with E-state index in [2.05, 4.69) is 0 Å². The van der Waals surface area contributed by atoms with E-state index in [9.17, 15) is 9.59 Å². The summed E-state index contributed by atoms with van der Waals surface area (Å²) in [4.78, 5) is 22.1. The molecule has 0 saturated carbocycles. The summed E-state index contributed by atoms with van der Waals surface area (Å²) in [5.41, 5.74) is 4.97. The summed E-state index contributed by atoms with van der Waals surface area (Å²) in [5.74, 6) is -0.190. The van der Waals surface area contributed by atoms with Gasteiger partial charge >= 0.3 is 0 Å². The van der Waals surface area contributed by atoms with Gasteiger partial charge in [-0.2, -0.15) is 0 Å². The molecule has 1 aromatic heterocycles. The fraction of sp³-hybridized carbons (Fsp3) is 0.0909. The van der Waals surface area contributed by atoms with E-state index in [1.807, 2.05) is 0 Å². The molecule has 0 fully saturated rings. The Morgan fingerprint density at radius 1 is 1.47 bits per heavy atom. The van der Waals surface area contributed by atoms with Crippen LogP contribution in [-0.2, 0) is 4.79 Å². The normalized spacial score (nSPS) is 10.4. The third-order valence-electron chi connectivity index (χ3n) is 2.09. The summed E-state index contributed by atoms with van der Waals surface area (Å²) >= 11 is 5.63. The first-order valence-electron chi connectivity index (χ1n) is 4.70. The van der Waals surface area contributed by atoms with Crippen molar-refractivity contribution in [1.29, 1.82) is 0 Å². The van der Waals surface area contributed by atoms with Gasteiger partial charge in [0.05, 0.1) is 5.39 Å². The van der Waals surface area contributed by atoms with Gasteiger partial charge in [0, 0.05) is 6.07 Å². The molecule has 0 aliphatic heterocycles. The topological polar surface area (TPSA) is 82.5 Å². The molecule has 6 heteroatoms. The van der Waals surface area contributed by atoms with Gasteiger partial charge in [0.1, 0.15) is 22.6 Å². The van der Waals surface area contributed by atoms with Crippen LogP contribution in [0.25, 0.3) is 11.0 Å². The number of ether oxygens (including phenoxy) is 1. The molecule has 2 rings (SSSR count). The summed E-state index contributed by atoms with van der Waals surface area (Å²) in [5, 5.41) is 0.368. The molecule has 1 heterocycles. The van der Waals surface area contributed by atoms with Crippen molar-refractivity contribution in [3.63, 3.8) is 0 Å². The van der Waals surface area contributed by atoms with Crippen LogP contribution in [-0.4, -0.2) is 12.5 Å². The lowest BCUT2D eigenvalue weighted by atomic mass is 10.2. The number of amides is 1. The number of carbonyl (C=O) groups excluding carboxylic acids is 1. The van der Waals surface area contributed by atoms with Crippen molar-refractivity contribution in [3.8, 4) is 5.75 Å². The Labute approximate surface area is 101 Å². The molecule has 2 aromatic rings. The lowest BCUT2D eigenvalue weighted by Gasteiger charge is -2.04. The fourth-order valence-corrected chi connectivity index (χ4v) is 1.48. The maximum Gasteiger partial charge on any atom is 0.255 e. The first-order chi connectivity index (χ1) is 8.08. The third kappa shape index (κ3) is 2.39. The average molecular weight is 254 g/mol. The van der Waals surface area contributed by atoms with Crippen LogP contribution in [0.5, 0.6) is 5.75 Å². The van der Waals surface area contributed by atoms with Gasteiger partial charge in [-0.25, -0.2) is 0 Å². The number of benzene rings is 1. The quantitative estimate of drug-likeness (QED) is 0.894. The van der Waals surface area contributed by atoms with Crippen molar-refractivity contribution in [2.24, 2.45) is 5.73 Å². The highest BCUT2D eigenvalue weighted by Gasteiger charge is 2.06. The maximum absolute atomic E-state index is 11.6. The van der Waals surface area contributed by atoms with Gasteiger partial charge in [-0.05, 0) is 12.1 Å². The van der Waals surface area contributed by atoms with E-state index >= 15 is 0 Å². The van der Waals surface area contributed by atoms with Gasteiger partial charge < -0.3 is 14.9 Å². The van der Waals surface area contributed by atoms with Crippen molar-refractivity contribution in [3.05, 3.63) is 39.7 Å². The number of halogens is 1. The second-order valence-electron chi connectivity index (χ2n) is 3.33. The second-order valence-corrected chi connectivity index (χ2v) is 3.73. The molecule has 0 saturated heterocycles. The molecule has 0 aliphatic carbocycles. The molecule has 1 amide bonds. The van der Waals surface area contributed by atoms with Gasteiger partial charge in [-0.15, -0.1) is 0 Å².